The minimum absolute atomic E-state index is 0.0503. The Labute approximate surface area is 138 Å². The van der Waals surface area contributed by atoms with E-state index in [9.17, 15) is 9.18 Å². The van der Waals surface area contributed by atoms with Gasteiger partial charge in [0.05, 0.1) is 17.1 Å². The first-order valence-corrected chi connectivity index (χ1v) is 7.89. The molecule has 1 fully saturated rings. The quantitative estimate of drug-likeness (QED) is 0.901. The first kappa shape index (κ1) is 15.8. The Bertz CT molecular complexity index is 718. The fraction of sp³-hybridized carbons (Fsp3) is 0.375. The van der Waals surface area contributed by atoms with Gasteiger partial charge < -0.3 is 10.2 Å². The zero-order chi connectivity index (χ0) is 16.4. The molecule has 23 heavy (non-hydrogen) atoms. The minimum atomic E-state index is -0.425. The molecule has 3 rings (SSSR count). The van der Waals surface area contributed by atoms with E-state index in [4.69, 9.17) is 11.6 Å². The molecule has 0 aliphatic carbocycles. The third-order valence-corrected chi connectivity index (χ3v) is 4.23. The topological polar surface area (TPSA) is 61.0 Å². The molecule has 122 valence electrons. The van der Waals surface area contributed by atoms with E-state index in [0.717, 1.165) is 30.0 Å². The molecule has 2 aromatic rings. The summed E-state index contributed by atoms with van der Waals surface area (Å²) in [6.45, 7) is 3.33. The van der Waals surface area contributed by atoms with Gasteiger partial charge in [0.2, 0.25) is 5.91 Å². The molecule has 1 aromatic heterocycles. The summed E-state index contributed by atoms with van der Waals surface area (Å²) in [5, 5.41) is 10.0. The number of amides is 1. The Kier molecular flexibility index (Phi) is 4.52. The molecule has 1 unspecified atom stereocenters. The van der Waals surface area contributed by atoms with Gasteiger partial charge in [0.25, 0.3) is 0 Å². The second-order valence-corrected chi connectivity index (χ2v) is 6.22. The van der Waals surface area contributed by atoms with E-state index in [1.807, 2.05) is 17.9 Å². The monoisotopic (exact) mass is 336 g/mol. The van der Waals surface area contributed by atoms with Crippen molar-refractivity contribution in [2.75, 3.05) is 18.0 Å². The average molecular weight is 337 g/mol. The molecule has 1 saturated heterocycles. The summed E-state index contributed by atoms with van der Waals surface area (Å²) < 4.78 is 13.5. The van der Waals surface area contributed by atoms with Gasteiger partial charge in [0.1, 0.15) is 5.82 Å². The van der Waals surface area contributed by atoms with Crippen LogP contribution in [0.25, 0.3) is 0 Å². The van der Waals surface area contributed by atoms with Crippen LogP contribution < -0.4 is 10.2 Å². The predicted molar refractivity (Wildman–Crippen MR) is 87.2 cm³/mol. The molecule has 2 N–H and O–H groups in total. The number of H-pyrrole nitrogens is 1. The lowest BCUT2D eigenvalue weighted by Gasteiger charge is -2.19. The second kappa shape index (κ2) is 6.58. The van der Waals surface area contributed by atoms with Gasteiger partial charge in [0, 0.05) is 30.5 Å². The molecular formula is C16H18ClFN4O. The van der Waals surface area contributed by atoms with E-state index < -0.39 is 5.82 Å². The van der Waals surface area contributed by atoms with Gasteiger partial charge in [0.15, 0.2) is 0 Å². The van der Waals surface area contributed by atoms with Crippen LogP contribution in [0.15, 0.2) is 24.3 Å². The summed E-state index contributed by atoms with van der Waals surface area (Å²) in [6, 6.07) is 6.69. The van der Waals surface area contributed by atoms with Crippen molar-refractivity contribution in [2.45, 2.75) is 25.8 Å². The van der Waals surface area contributed by atoms with Crippen LogP contribution in [0, 0.1) is 12.7 Å². The van der Waals surface area contributed by atoms with E-state index in [1.165, 1.54) is 6.07 Å². The van der Waals surface area contributed by atoms with Crippen LogP contribution >= 0.6 is 11.6 Å². The van der Waals surface area contributed by atoms with Gasteiger partial charge in [-0.15, -0.1) is 0 Å². The Morgan fingerprint density at radius 1 is 1.52 bits per heavy atom. The Hall–Kier alpha value is -2.08. The largest absolute Gasteiger partial charge is 0.369 e. The van der Waals surface area contributed by atoms with Gasteiger partial charge in [-0.2, -0.15) is 5.10 Å². The van der Waals surface area contributed by atoms with Gasteiger partial charge in [-0.25, -0.2) is 4.39 Å². The third-order valence-electron chi connectivity index (χ3n) is 3.92. The van der Waals surface area contributed by atoms with E-state index in [2.05, 4.69) is 15.5 Å². The van der Waals surface area contributed by atoms with Crippen LogP contribution in [-0.2, 0) is 11.2 Å². The van der Waals surface area contributed by atoms with Gasteiger partial charge in [-0.1, -0.05) is 11.6 Å². The molecule has 0 saturated carbocycles. The number of carbonyl (C=O) groups excluding carboxylic acids is 1. The van der Waals surface area contributed by atoms with Crippen molar-refractivity contribution in [2.24, 2.45) is 0 Å². The van der Waals surface area contributed by atoms with Crippen LogP contribution in [0.5, 0.6) is 0 Å². The van der Waals surface area contributed by atoms with Crippen LogP contribution in [0.2, 0.25) is 5.02 Å². The number of aryl methyl sites for hydroxylation is 1. The lowest BCUT2D eigenvalue weighted by molar-refractivity contribution is -0.121. The summed E-state index contributed by atoms with van der Waals surface area (Å²) in [7, 11) is 0. The molecule has 5 nitrogen and oxygen atoms in total. The number of halogens is 2. The van der Waals surface area contributed by atoms with Gasteiger partial charge in [-0.05, 0) is 37.6 Å². The molecule has 1 amide bonds. The molecule has 0 spiro atoms. The molecule has 7 heteroatoms. The highest BCUT2D eigenvalue weighted by Gasteiger charge is 2.24. The van der Waals surface area contributed by atoms with Crippen molar-refractivity contribution in [1.82, 2.24) is 15.5 Å². The van der Waals surface area contributed by atoms with Crippen molar-refractivity contribution in [3.63, 3.8) is 0 Å². The number of anilines is 1. The standard InChI is InChI=1S/C16H18ClFN4O/c1-10-6-12(21-20-10)7-16(23)19-11-4-5-22(9-11)13-2-3-14(17)15(18)8-13/h2-3,6,8,11H,4-5,7,9H2,1H3,(H,19,23)(H,20,21). The fourth-order valence-electron chi connectivity index (χ4n) is 2.80. The number of rotatable bonds is 4. The molecule has 0 radical (unpaired) electrons. The Morgan fingerprint density at radius 2 is 2.35 bits per heavy atom. The Morgan fingerprint density at radius 3 is 3.04 bits per heavy atom. The van der Waals surface area contributed by atoms with E-state index >= 15 is 0 Å². The second-order valence-electron chi connectivity index (χ2n) is 5.82. The minimum Gasteiger partial charge on any atom is -0.369 e. The van der Waals surface area contributed by atoms with Gasteiger partial charge >= 0.3 is 0 Å². The number of aromatic amines is 1. The summed E-state index contributed by atoms with van der Waals surface area (Å²) in [6.07, 6.45) is 1.09. The number of hydrogen-bond acceptors (Lipinski definition) is 3. The molecule has 1 aliphatic rings. The lowest BCUT2D eigenvalue weighted by atomic mass is 10.2. The highest BCUT2D eigenvalue weighted by molar-refractivity contribution is 6.30. The first-order valence-electron chi connectivity index (χ1n) is 7.51. The summed E-state index contributed by atoms with van der Waals surface area (Å²) in [5.74, 6) is -0.476. The van der Waals surface area contributed by atoms with Crippen molar-refractivity contribution in [3.8, 4) is 0 Å². The average Bonchev–Trinajstić information content (AvgIpc) is 3.11. The smallest absolute Gasteiger partial charge is 0.226 e. The number of nitrogens with one attached hydrogen (secondary N) is 2. The van der Waals surface area contributed by atoms with Crippen molar-refractivity contribution in [1.29, 1.82) is 0 Å². The normalized spacial score (nSPS) is 17.5. The molecule has 1 atom stereocenters. The van der Waals surface area contributed by atoms with Crippen LogP contribution in [0.1, 0.15) is 17.8 Å². The van der Waals surface area contributed by atoms with Crippen LogP contribution in [0.3, 0.4) is 0 Å². The molecular weight excluding hydrogens is 319 g/mol. The number of benzene rings is 1. The maximum atomic E-state index is 13.5. The summed E-state index contributed by atoms with van der Waals surface area (Å²) in [5.41, 5.74) is 2.45. The van der Waals surface area contributed by atoms with Crippen molar-refractivity contribution in [3.05, 3.63) is 46.5 Å². The SMILES string of the molecule is Cc1cc(CC(=O)NC2CCN(c3ccc(Cl)c(F)c3)C2)n[nH]1. The van der Waals surface area contributed by atoms with E-state index in [0.29, 0.717) is 6.54 Å². The Balaban J connectivity index is 1.55. The number of hydrogen-bond donors (Lipinski definition) is 2. The lowest BCUT2D eigenvalue weighted by Crippen LogP contribution is -2.38. The van der Waals surface area contributed by atoms with E-state index in [-0.39, 0.29) is 23.4 Å². The predicted octanol–water partition coefficient (Wildman–Crippen LogP) is 2.45. The molecule has 1 aliphatic heterocycles. The van der Waals surface area contributed by atoms with E-state index in [1.54, 1.807) is 12.1 Å². The maximum absolute atomic E-state index is 13.5. The number of aromatic nitrogens is 2. The summed E-state index contributed by atoms with van der Waals surface area (Å²) in [4.78, 5) is 14.1. The third kappa shape index (κ3) is 3.82. The number of nitrogens with zero attached hydrogens (tertiary/aromatic N) is 2. The molecule has 1 aromatic carbocycles. The summed E-state index contributed by atoms with van der Waals surface area (Å²) >= 11 is 5.70. The molecule has 0 bridgehead atoms. The fourth-order valence-corrected chi connectivity index (χ4v) is 2.92. The first-order chi connectivity index (χ1) is 11.0. The van der Waals surface area contributed by atoms with Crippen LogP contribution in [0.4, 0.5) is 10.1 Å². The zero-order valence-electron chi connectivity index (χ0n) is 12.8. The van der Waals surface area contributed by atoms with Crippen molar-refractivity contribution >= 4 is 23.2 Å². The van der Waals surface area contributed by atoms with Crippen molar-refractivity contribution < 1.29 is 9.18 Å². The van der Waals surface area contributed by atoms with Gasteiger partial charge in [-0.3, -0.25) is 9.89 Å². The highest BCUT2D eigenvalue weighted by atomic mass is 35.5. The highest BCUT2D eigenvalue weighted by Crippen LogP contribution is 2.25. The van der Waals surface area contributed by atoms with Crippen LogP contribution in [-0.4, -0.2) is 35.2 Å². The zero-order valence-corrected chi connectivity index (χ0v) is 13.5. The number of carbonyl (C=O) groups is 1. The molecule has 2 heterocycles. The maximum Gasteiger partial charge on any atom is 0.226 e.